The Balaban J connectivity index is 1.61. The van der Waals surface area contributed by atoms with Crippen molar-refractivity contribution >= 4 is 23.1 Å². The van der Waals surface area contributed by atoms with Crippen molar-refractivity contribution in [2.45, 2.75) is 26.6 Å². The highest BCUT2D eigenvalue weighted by Crippen LogP contribution is 2.30. The van der Waals surface area contributed by atoms with Crippen LogP contribution in [-0.2, 0) is 12.7 Å². The number of alkyl halides is 3. The monoisotopic (exact) mass is 437 g/mol. The second kappa shape index (κ2) is 8.66. The molecule has 3 aromatic rings. The zero-order valence-electron chi connectivity index (χ0n) is 16.1. The van der Waals surface area contributed by atoms with Crippen LogP contribution in [0.1, 0.15) is 16.3 Å². The normalized spacial score (nSPS) is 11.4. The smallest absolute Gasteiger partial charge is 0.336 e. The molecule has 2 aromatic heterocycles. The Labute approximate surface area is 173 Å². The SMILES string of the molecule is Cc1nc(C)c(-c2ccc(=O)n(CCNC(=O)Nc3cccc(C(F)(F)F)c3)n2)s1. The summed E-state index contributed by atoms with van der Waals surface area (Å²) in [5.74, 6) is 0. The summed E-state index contributed by atoms with van der Waals surface area (Å²) in [4.78, 5) is 29.2. The van der Waals surface area contributed by atoms with E-state index in [1.165, 1.54) is 34.2 Å². The van der Waals surface area contributed by atoms with Gasteiger partial charge < -0.3 is 10.6 Å². The summed E-state index contributed by atoms with van der Waals surface area (Å²) >= 11 is 1.47. The highest BCUT2D eigenvalue weighted by molar-refractivity contribution is 7.15. The number of aryl methyl sites for hydroxylation is 2. The van der Waals surface area contributed by atoms with E-state index in [-0.39, 0.29) is 24.3 Å². The van der Waals surface area contributed by atoms with Gasteiger partial charge in [-0.15, -0.1) is 11.3 Å². The molecule has 2 heterocycles. The number of hydrogen-bond donors (Lipinski definition) is 2. The summed E-state index contributed by atoms with van der Waals surface area (Å²) in [7, 11) is 0. The number of hydrogen-bond acceptors (Lipinski definition) is 5. The van der Waals surface area contributed by atoms with Crippen LogP contribution in [0.25, 0.3) is 10.6 Å². The molecule has 2 amide bonds. The van der Waals surface area contributed by atoms with E-state index in [1.54, 1.807) is 6.07 Å². The number of thiazole rings is 1. The third kappa shape index (κ3) is 5.23. The lowest BCUT2D eigenvalue weighted by Crippen LogP contribution is -2.34. The summed E-state index contributed by atoms with van der Waals surface area (Å²) in [6, 6.07) is 6.63. The molecule has 0 saturated carbocycles. The van der Waals surface area contributed by atoms with Gasteiger partial charge in [0.05, 0.1) is 27.7 Å². The fourth-order valence-corrected chi connectivity index (χ4v) is 3.61. The van der Waals surface area contributed by atoms with E-state index in [2.05, 4.69) is 20.7 Å². The van der Waals surface area contributed by atoms with Crippen molar-refractivity contribution in [2.75, 3.05) is 11.9 Å². The van der Waals surface area contributed by atoms with Crippen LogP contribution < -0.4 is 16.2 Å². The maximum absolute atomic E-state index is 12.7. The molecule has 2 N–H and O–H groups in total. The fraction of sp³-hybridized carbons (Fsp3) is 0.263. The number of anilines is 1. The topological polar surface area (TPSA) is 88.9 Å². The average Bonchev–Trinajstić information content (AvgIpc) is 3.01. The van der Waals surface area contributed by atoms with Crippen LogP contribution >= 0.6 is 11.3 Å². The average molecular weight is 437 g/mol. The highest BCUT2D eigenvalue weighted by Gasteiger charge is 2.30. The third-order valence-electron chi connectivity index (χ3n) is 4.06. The van der Waals surface area contributed by atoms with E-state index in [9.17, 15) is 22.8 Å². The van der Waals surface area contributed by atoms with Gasteiger partial charge in [-0.25, -0.2) is 14.5 Å². The molecule has 0 aliphatic heterocycles. The van der Waals surface area contributed by atoms with Crippen LogP contribution in [0, 0.1) is 13.8 Å². The number of halogens is 3. The van der Waals surface area contributed by atoms with Gasteiger partial charge in [0.1, 0.15) is 5.69 Å². The minimum atomic E-state index is -4.50. The molecule has 158 valence electrons. The quantitative estimate of drug-likeness (QED) is 0.635. The number of amides is 2. The molecule has 0 saturated heterocycles. The van der Waals surface area contributed by atoms with Gasteiger partial charge >= 0.3 is 12.2 Å². The number of carbonyl (C=O) groups excluding carboxylic acids is 1. The molecule has 0 fully saturated rings. The van der Waals surface area contributed by atoms with E-state index in [1.807, 2.05) is 13.8 Å². The van der Waals surface area contributed by atoms with E-state index in [4.69, 9.17) is 0 Å². The molecule has 1 aromatic carbocycles. The Bertz CT molecular complexity index is 1120. The van der Waals surface area contributed by atoms with E-state index in [0.717, 1.165) is 27.7 Å². The first-order valence-corrected chi connectivity index (χ1v) is 9.70. The molecule has 3 rings (SSSR count). The Morgan fingerprint density at radius 2 is 1.97 bits per heavy atom. The van der Waals surface area contributed by atoms with Crippen molar-refractivity contribution in [2.24, 2.45) is 0 Å². The van der Waals surface area contributed by atoms with Gasteiger partial charge in [0.25, 0.3) is 5.56 Å². The minimum absolute atomic E-state index is 0.00987. The fourth-order valence-electron chi connectivity index (χ4n) is 2.72. The van der Waals surface area contributed by atoms with Crippen LogP contribution in [-0.4, -0.2) is 27.3 Å². The maximum Gasteiger partial charge on any atom is 0.416 e. The highest BCUT2D eigenvalue weighted by atomic mass is 32.1. The van der Waals surface area contributed by atoms with Crippen molar-refractivity contribution in [1.82, 2.24) is 20.1 Å². The predicted molar refractivity (Wildman–Crippen MR) is 108 cm³/mol. The molecule has 0 aliphatic carbocycles. The lowest BCUT2D eigenvalue weighted by molar-refractivity contribution is -0.137. The summed E-state index contributed by atoms with van der Waals surface area (Å²) < 4.78 is 39.4. The third-order valence-corrected chi connectivity index (χ3v) is 5.16. The number of nitrogens with one attached hydrogen (secondary N) is 2. The van der Waals surface area contributed by atoms with E-state index in [0.29, 0.717) is 5.69 Å². The van der Waals surface area contributed by atoms with Gasteiger partial charge in [-0.3, -0.25) is 4.79 Å². The summed E-state index contributed by atoms with van der Waals surface area (Å²) in [6.45, 7) is 3.89. The van der Waals surface area contributed by atoms with Crippen molar-refractivity contribution in [3.8, 4) is 10.6 Å². The summed E-state index contributed by atoms with van der Waals surface area (Å²) in [5.41, 5.74) is 0.231. The molecule has 0 radical (unpaired) electrons. The molecular formula is C19H18F3N5O2S. The first-order valence-electron chi connectivity index (χ1n) is 8.88. The van der Waals surface area contributed by atoms with Gasteiger partial charge in [0.2, 0.25) is 0 Å². The van der Waals surface area contributed by atoms with Crippen LogP contribution in [0.3, 0.4) is 0 Å². The summed E-state index contributed by atoms with van der Waals surface area (Å²) in [6.07, 6.45) is -4.50. The van der Waals surface area contributed by atoms with Gasteiger partial charge in [-0.2, -0.15) is 18.3 Å². The van der Waals surface area contributed by atoms with Crippen molar-refractivity contribution in [3.63, 3.8) is 0 Å². The number of rotatable bonds is 5. The number of nitrogens with zero attached hydrogens (tertiary/aromatic N) is 3. The lowest BCUT2D eigenvalue weighted by Gasteiger charge is -2.11. The molecule has 0 bridgehead atoms. The second-order valence-electron chi connectivity index (χ2n) is 6.39. The molecule has 30 heavy (non-hydrogen) atoms. The second-order valence-corrected chi connectivity index (χ2v) is 7.59. The first kappa shape index (κ1) is 21.5. The van der Waals surface area contributed by atoms with Gasteiger partial charge in [0.15, 0.2) is 0 Å². The van der Waals surface area contributed by atoms with Crippen molar-refractivity contribution < 1.29 is 18.0 Å². The molecule has 0 aliphatic rings. The minimum Gasteiger partial charge on any atom is -0.336 e. The number of carbonyl (C=O) groups is 1. The van der Waals surface area contributed by atoms with E-state index < -0.39 is 17.8 Å². The Morgan fingerprint density at radius 3 is 2.63 bits per heavy atom. The molecule has 7 nitrogen and oxygen atoms in total. The number of urea groups is 1. The standard InChI is InChI=1S/C19H18F3N5O2S/c1-11-17(30-12(2)24-11)15-6-7-16(28)27(26-15)9-8-23-18(29)25-14-5-3-4-13(10-14)19(20,21)22/h3-7,10H,8-9H2,1-2H3,(H2,23,25,29). The van der Waals surface area contributed by atoms with Gasteiger partial charge in [0, 0.05) is 18.3 Å². The van der Waals surface area contributed by atoms with Crippen molar-refractivity contribution in [3.05, 3.63) is 63.0 Å². The lowest BCUT2D eigenvalue weighted by atomic mass is 10.2. The zero-order chi connectivity index (χ0) is 21.9. The van der Waals surface area contributed by atoms with Crippen LogP contribution in [0.4, 0.5) is 23.7 Å². The number of benzene rings is 1. The largest absolute Gasteiger partial charge is 0.416 e. The molecule has 0 atom stereocenters. The molecule has 11 heteroatoms. The first-order chi connectivity index (χ1) is 14.1. The van der Waals surface area contributed by atoms with Gasteiger partial charge in [-0.1, -0.05) is 6.07 Å². The Kier molecular flexibility index (Phi) is 6.20. The molecule has 0 spiro atoms. The van der Waals surface area contributed by atoms with Crippen molar-refractivity contribution in [1.29, 1.82) is 0 Å². The Morgan fingerprint density at radius 1 is 1.20 bits per heavy atom. The Hall–Kier alpha value is -3.21. The predicted octanol–water partition coefficient (Wildman–Crippen LogP) is 3.82. The summed E-state index contributed by atoms with van der Waals surface area (Å²) in [5, 5.41) is 10.0. The van der Waals surface area contributed by atoms with Crippen LogP contribution in [0.2, 0.25) is 0 Å². The van der Waals surface area contributed by atoms with E-state index >= 15 is 0 Å². The number of aromatic nitrogens is 3. The van der Waals surface area contributed by atoms with Gasteiger partial charge in [-0.05, 0) is 38.1 Å². The maximum atomic E-state index is 12.7. The van der Waals surface area contributed by atoms with Crippen LogP contribution in [0.15, 0.2) is 41.2 Å². The molecular weight excluding hydrogens is 419 g/mol. The molecule has 0 unspecified atom stereocenters. The van der Waals surface area contributed by atoms with Crippen LogP contribution in [0.5, 0.6) is 0 Å². The zero-order valence-corrected chi connectivity index (χ0v) is 16.9.